The van der Waals surface area contributed by atoms with Crippen molar-refractivity contribution in [1.82, 2.24) is 5.32 Å². The Hall–Kier alpha value is -1.75. The number of benzene rings is 1. The van der Waals surface area contributed by atoms with E-state index in [1.807, 2.05) is 26.0 Å². The smallest absolute Gasteiger partial charge is 0.319 e. The van der Waals surface area contributed by atoms with Gasteiger partial charge in [-0.05, 0) is 56.4 Å². The molecule has 1 fully saturated rings. The fraction of sp³-hybridized carbons (Fsp3) is 0.611. The van der Waals surface area contributed by atoms with E-state index in [0.29, 0.717) is 12.8 Å². The van der Waals surface area contributed by atoms with Gasteiger partial charge in [0.25, 0.3) is 0 Å². The monoisotopic (exact) mass is 319 g/mol. The Morgan fingerprint density at radius 3 is 2.30 bits per heavy atom. The highest BCUT2D eigenvalue weighted by atomic mass is 16.3. The lowest BCUT2D eigenvalue weighted by Gasteiger charge is -2.29. The highest BCUT2D eigenvalue weighted by molar-refractivity contribution is 5.89. The maximum Gasteiger partial charge on any atom is 0.319 e. The summed E-state index contributed by atoms with van der Waals surface area (Å²) in [6.07, 6.45) is 5.06. The Morgan fingerprint density at radius 1 is 1.13 bits per heavy atom. The molecular weight excluding hydrogens is 290 g/mol. The number of aliphatic hydroxyl groups is 1. The Labute approximate surface area is 139 Å². The van der Waals surface area contributed by atoms with Crippen LogP contribution in [0.3, 0.4) is 0 Å². The number of anilines is 2. The molecule has 1 aromatic rings. The SMILES string of the molecule is CCC(O)(CC)CNC(=O)Nc1ccc(N2CCCCC2)cc1. The second-order valence-corrected chi connectivity index (χ2v) is 6.33. The third kappa shape index (κ3) is 5.13. The minimum Gasteiger partial charge on any atom is -0.388 e. The van der Waals surface area contributed by atoms with Gasteiger partial charge in [-0.1, -0.05) is 13.8 Å². The number of urea groups is 1. The normalized spacial score (nSPS) is 15.3. The van der Waals surface area contributed by atoms with Crippen molar-refractivity contribution < 1.29 is 9.90 Å². The van der Waals surface area contributed by atoms with E-state index < -0.39 is 5.60 Å². The molecule has 1 aliphatic rings. The first-order valence-corrected chi connectivity index (χ1v) is 8.68. The summed E-state index contributed by atoms with van der Waals surface area (Å²) >= 11 is 0. The van der Waals surface area contributed by atoms with Gasteiger partial charge in [-0.15, -0.1) is 0 Å². The average Bonchev–Trinajstić information content (AvgIpc) is 2.61. The fourth-order valence-corrected chi connectivity index (χ4v) is 2.83. The van der Waals surface area contributed by atoms with Crippen LogP contribution in [0.1, 0.15) is 46.0 Å². The predicted octanol–water partition coefficient (Wildman–Crippen LogP) is 3.35. The maximum atomic E-state index is 11.9. The van der Waals surface area contributed by atoms with Crippen molar-refractivity contribution in [1.29, 1.82) is 0 Å². The standard InChI is InChI=1S/C18H29N3O2/c1-3-18(23,4-2)14-19-17(22)20-15-8-10-16(11-9-15)21-12-6-5-7-13-21/h8-11,23H,3-7,12-14H2,1-2H3,(H2,19,20,22). The van der Waals surface area contributed by atoms with Crippen LogP contribution in [0.4, 0.5) is 16.2 Å². The molecule has 23 heavy (non-hydrogen) atoms. The van der Waals surface area contributed by atoms with Crippen molar-refractivity contribution in [3.8, 4) is 0 Å². The summed E-state index contributed by atoms with van der Waals surface area (Å²) < 4.78 is 0. The van der Waals surface area contributed by atoms with E-state index in [9.17, 15) is 9.90 Å². The average molecular weight is 319 g/mol. The van der Waals surface area contributed by atoms with Gasteiger partial charge in [0.05, 0.1) is 5.60 Å². The topological polar surface area (TPSA) is 64.6 Å². The molecule has 0 atom stereocenters. The molecule has 2 amide bonds. The number of carbonyl (C=O) groups is 1. The molecule has 5 nitrogen and oxygen atoms in total. The molecule has 1 heterocycles. The first kappa shape index (κ1) is 17.6. The van der Waals surface area contributed by atoms with Crippen LogP contribution in [0.25, 0.3) is 0 Å². The van der Waals surface area contributed by atoms with Crippen LogP contribution < -0.4 is 15.5 Å². The minimum atomic E-state index is -0.824. The summed E-state index contributed by atoms with van der Waals surface area (Å²) in [5.41, 5.74) is 1.15. The van der Waals surface area contributed by atoms with E-state index in [4.69, 9.17) is 0 Å². The van der Waals surface area contributed by atoms with Gasteiger partial charge in [0.1, 0.15) is 0 Å². The first-order valence-electron chi connectivity index (χ1n) is 8.68. The van der Waals surface area contributed by atoms with Crippen LogP contribution in [-0.4, -0.2) is 36.4 Å². The predicted molar refractivity (Wildman–Crippen MR) is 95.1 cm³/mol. The number of rotatable bonds is 6. The molecule has 0 bridgehead atoms. The third-order valence-electron chi connectivity index (χ3n) is 4.74. The van der Waals surface area contributed by atoms with E-state index in [-0.39, 0.29) is 12.6 Å². The zero-order valence-corrected chi connectivity index (χ0v) is 14.3. The molecule has 1 aromatic carbocycles. The second-order valence-electron chi connectivity index (χ2n) is 6.33. The zero-order valence-electron chi connectivity index (χ0n) is 14.3. The van der Waals surface area contributed by atoms with Crippen LogP contribution in [0, 0.1) is 0 Å². The summed E-state index contributed by atoms with van der Waals surface area (Å²) in [4.78, 5) is 14.3. The van der Waals surface area contributed by atoms with Gasteiger partial charge in [-0.3, -0.25) is 0 Å². The largest absolute Gasteiger partial charge is 0.388 e. The molecule has 0 unspecified atom stereocenters. The van der Waals surface area contributed by atoms with Crippen molar-refractivity contribution in [2.45, 2.75) is 51.6 Å². The lowest BCUT2D eigenvalue weighted by atomic mass is 9.98. The Morgan fingerprint density at radius 2 is 1.74 bits per heavy atom. The van der Waals surface area contributed by atoms with E-state index in [2.05, 4.69) is 27.7 Å². The van der Waals surface area contributed by atoms with Crippen molar-refractivity contribution in [2.75, 3.05) is 29.9 Å². The summed E-state index contributed by atoms with van der Waals surface area (Å²) in [5.74, 6) is 0. The number of hydrogen-bond acceptors (Lipinski definition) is 3. The van der Waals surface area contributed by atoms with E-state index in [0.717, 1.165) is 18.8 Å². The molecule has 0 aromatic heterocycles. The van der Waals surface area contributed by atoms with Crippen molar-refractivity contribution in [2.24, 2.45) is 0 Å². The molecule has 1 saturated heterocycles. The van der Waals surface area contributed by atoms with E-state index >= 15 is 0 Å². The summed E-state index contributed by atoms with van der Waals surface area (Å²) in [6, 6.07) is 7.67. The molecular formula is C18H29N3O2. The number of amides is 2. The number of carbonyl (C=O) groups excluding carboxylic acids is 1. The van der Waals surface area contributed by atoms with Gasteiger partial charge in [0.2, 0.25) is 0 Å². The lowest BCUT2D eigenvalue weighted by molar-refractivity contribution is 0.0354. The van der Waals surface area contributed by atoms with Gasteiger partial charge in [0.15, 0.2) is 0 Å². The molecule has 2 rings (SSSR count). The van der Waals surface area contributed by atoms with Gasteiger partial charge >= 0.3 is 6.03 Å². The number of nitrogens with zero attached hydrogens (tertiary/aromatic N) is 1. The van der Waals surface area contributed by atoms with Crippen molar-refractivity contribution in [3.63, 3.8) is 0 Å². The van der Waals surface area contributed by atoms with Gasteiger partial charge in [0, 0.05) is 31.0 Å². The summed E-state index contributed by atoms with van der Waals surface area (Å²) in [6.45, 7) is 6.32. The molecule has 0 radical (unpaired) electrons. The highest BCUT2D eigenvalue weighted by Crippen LogP contribution is 2.21. The molecule has 0 aliphatic carbocycles. The molecule has 0 spiro atoms. The Kier molecular flexibility index (Phi) is 6.28. The summed E-state index contributed by atoms with van der Waals surface area (Å²) in [7, 11) is 0. The number of piperidine rings is 1. The molecule has 5 heteroatoms. The van der Waals surface area contributed by atoms with Gasteiger partial charge in [-0.2, -0.15) is 0 Å². The lowest BCUT2D eigenvalue weighted by Crippen LogP contribution is -2.43. The second kappa shape index (κ2) is 8.20. The van der Waals surface area contributed by atoms with Crippen LogP contribution in [0.2, 0.25) is 0 Å². The Bertz CT molecular complexity index is 491. The third-order valence-corrected chi connectivity index (χ3v) is 4.74. The Balaban J connectivity index is 1.84. The number of hydrogen-bond donors (Lipinski definition) is 3. The fourth-order valence-electron chi connectivity index (χ4n) is 2.83. The quantitative estimate of drug-likeness (QED) is 0.753. The van der Waals surface area contributed by atoms with Crippen LogP contribution >= 0.6 is 0 Å². The van der Waals surface area contributed by atoms with Gasteiger partial charge in [-0.25, -0.2) is 4.79 Å². The highest BCUT2D eigenvalue weighted by Gasteiger charge is 2.22. The van der Waals surface area contributed by atoms with Crippen molar-refractivity contribution in [3.05, 3.63) is 24.3 Å². The van der Waals surface area contributed by atoms with Crippen molar-refractivity contribution >= 4 is 17.4 Å². The van der Waals surface area contributed by atoms with E-state index in [1.165, 1.54) is 24.9 Å². The minimum absolute atomic E-state index is 0.262. The zero-order chi connectivity index (χ0) is 16.7. The molecule has 3 N–H and O–H groups in total. The first-order chi connectivity index (χ1) is 11.1. The molecule has 0 saturated carbocycles. The van der Waals surface area contributed by atoms with Crippen LogP contribution in [0.5, 0.6) is 0 Å². The van der Waals surface area contributed by atoms with Gasteiger partial charge < -0.3 is 20.6 Å². The maximum absolute atomic E-state index is 11.9. The van der Waals surface area contributed by atoms with E-state index in [1.54, 1.807) is 0 Å². The number of nitrogens with one attached hydrogen (secondary N) is 2. The summed E-state index contributed by atoms with van der Waals surface area (Å²) in [5, 5.41) is 15.7. The van der Waals surface area contributed by atoms with Crippen LogP contribution in [-0.2, 0) is 0 Å². The molecule has 128 valence electrons. The molecule has 1 aliphatic heterocycles. The van der Waals surface area contributed by atoms with Crippen LogP contribution in [0.15, 0.2) is 24.3 Å².